The van der Waals surface area contributed by atoms with Crippen LogP contribution in [0.15, 0.2) is 28.7 Å². The number of nitrogens with one attached hydrogen (secondary N) is 1. The van der Waals surface area contributed by atoms with Gasteiger partial charge in [-0.2, -0.15) is 0 Å². The van der Waals surface area contributed by atoms with Gasteiger partial charge in [-0.3, -0.25) is 4.79 Å². The number of hydrogen-bond donors (Lipinski definition) is 1. The fourth-order valence-electron chi connectivity index (χ4n) is 2.98. The first-order chi connectivity index (χ1) is 10.2. The van der Waals surface area contributed by atoms with E-state index in [1.54, 1.807) is 12.1 Å². The van der Waals surface area contributed by atoms with Crippen molar-refractivity contribution in [3.8, 4) is 0 Å². The van der Waals surface area contributed by atoms with Gasteiger partial charge in [-0.1, -0.05) is 22.4 Å². The number of carbonyl (C=O) groups excluding carboxylic acids is 1. The average Bonchev–Trinajstić information content (AvgIpc) is 2.89. The molecule has 4 nitrogen and oxygen atoms in total. The molecular formula is C16H20BrNO3. The highest BCUT2D eigenvalue weighted by Crippen LogP contribution is 2.37. The minimum Gasteiger partial charge on any atom is -0.349 e. The number of hydrogen-bond acceptors (Lipinski definition) is 3. The van der Waals surface area contributed by atoms with Crippen molar-refractivity contribution in [2.45, 2.75) is 44.0 Å². The third-order valence-corrected chi connectivity index (χ3v) is 4.65. The Hall–Kier alpha value is -0.910. The Kier molecular flexibility index (Phi) is 4.62. The van der Waals surface area contributed by atoms with Gasteiger partial charge in [-0.05, 0) is 37.1 Å². The number of benzene rings is 1. The van der Waals surface area contributed by atoms with Crippen LogP contribution in [0.3, 0.4) is 0 Å². The molecular weight excluding hydrogens is 334 g/mol. The number of rotatable bonds is 3. The summed E-state index contributed by atoms with van der Waals surface area (Å²) >= 11 is 3.36. The van der Waals surface area contributed by atoms with Crippen LogP contribution in [-0.4, -0.2) is 30.9 Å². The predicted molar refractivity (Wildman–Crippen MR) is 83.1 cm³/mol. The molecule has 1 aliphatic carbocycles. The molecule has 1 aromatic rings. The zero-order valence-electron chi connectivity index (χ0n) is 11.9. The summed E-state index contributed by atoms with van der Waals surface area (Å²) in [6, 6.07) is 7.32. The lowest BCUT2D eigenvalue weighted by Crippen LogP contribution is -2.37. The molecule has 1 atom stereocenters. The lowest BCUT2D eigenvalue weighted by molar-refractivity contribution is -0.186. The monoisotopic (exact) mass is 353 g/mol. The van der Waals surface area contributed by atoms with Gasteiger partial charge in [0.25, 0.3) is 5.91 Å². The van der Waals surface area contributed by atoms with Gasteiger partial charge in [-0.25, -0.2) is 0 Å². The number of ether oxygens (including phenoxy) is 2. The molecule has 1 spiro atoms. The molecule has 1 N–H and O–H groups in total. The Labute approximate surface area is 133 Å². The van der Waals surface area contributed by atoms with E-state index in [0.717, 1.165) is 30.2 Å². The van der Waals surface area contributed by atoms with E-state index in [2.05, 4.69) is 21.2 Å². The summed E-state index contributed by atoms with van der Waals surface area (Å²) in [6.07, 6.45) is 5.51. The highest BCUT2D eigenvalue weighted by Gasteiger charge is 2.42. The van der Waals surface area contributed by atoms with Gasteiger partial charge in [0.2, 0.25) is 0 Å². The van der Waals surface area contributed by atoms with Crippen LogP contribution in [0.25, 0.3) is 0 Å². The second kappa shape index (κ2) is 6.46. The SMILES string of the molecule is O=C(NC[C@H]1COC2(CCCCC2)O1)c1ccc(Br)cc1. The van der Waals surface area contributed by atoms with Crippen molar-refractivity contribution in [1.82, 2.24) is 5.32 Å². The molecule has 114 valence electrons. The number of amides is 1. The largest absolute Gasteiger partial charge is 0.349 e. The first-order valence-electron chi connectivity index (χ1n) is 7.52. The van der Waals surface area contributed by atoms with Gasteiger partial charge >= 0.3 is 0 Å². The minimum atomic E-state index is -0.370. The first kappa shape index (κ1) is 15.0. The summed E-state index contributed by atoms with van der Waals surface area (Å²) in [5, 5.41) is 2.92. The van der Waals surface area contributed by atoms with Crippen LogP contribution in [0.5, 0.6) is 0 Å². The molecule has 5 heteroatoms. The predicted octanol–water partition coefficient (Wildman–Crippen LogP) is 3.25. The smallest absolute Gasteiger partial charge is 0.251 e. The van der Waals surface area contributed by atoms with E-state index < -0.39 is 0 Å². The molecule has 1 heterocycles. The molecule has 0 aromatic heterocycles. The van der Waals surface area contributed by atoms with Crippen LogP contribution in [0.2, 0.25) is 0 Å². The molecule has 1 aromatic carbocycles. The van der Waals surface area contributed by atoms with E-state index in [1.165, 1.54) is 6.42 Å². The van der Waals surface area contributed by atoms with E-state index in [-0.39, 0.29) is 17.8 Å². The average molecular weight is 354 g/mol. The van der Waals surface area contributed by atoms with Gasteiger partial charge in [-0.15, -0.1) is 0 Å². The normalized spacial score (nSPS) is 24.1. The number of carbonyl (C=O) groups is 1. The van der Waals surface area contributed by atoms with E-state index >= 15 is 0 Å². The fourth-order valence-corrected chi connectivity index (χ4v) is 3.24. The van der Waals surface area contributed by atoms with Crippen molar-refractivity contribution in [3.63, 3.8) is 0 Å². The molecule has 1 amide bonds. The van der Waals surface area contributed by atoms with Crippen LogP contribution in [0, 0.1) is 0 Å². The summed E-state index contributed by atoms with van der Waals surface area (Å²) in [5.74, 6) is -0.443. The standard InChI is InChI=1S/C16H20BrNO3/c17-13-6-4-12(5-7-13)15(19)18-10-14-11-20-16(21-14)8-2-1-3-9-16/h4-7,14H,1-3,8-11H2,(H,18,19)/t14-/m0/s1. The van der Waals surface area contributed by atoms with Gasteiger partial charge < -0.3 is 14.8 Å². The maximum atomic E-state index is 12.1. The van der Waals surface area contributed by atoms with Crippen LogP contribution < -0.4 is 5.32 Å². The summed E-state index contributed by atoms with van der Waals surface area (Å²) < 4.78 is 12.9. The molecule has 2 fully saturated rings. The molecule has 2 aliphatic rings. The Morgan fingerprint density at radius 2 is 1.95 bits per heavy atom. The van der Waals surface area contributed by atoms with Crippen LogP contribution in [0.1, 0.15) is 42.5 Å². The topological polar surface area (TPSA) is 47.6 Å². The number of halogens is 1. The summed E-state index contributed by atoms with van der Waals surface area (Å²) in [6.45, 7) is 1.07. The minimum absolute atomic E-state index is 0.0394. The lowest BCUT2D eigenvalue weighted by Gasteiger charge is -2.31. The van der Waals surface area contributed by atoms with Crippen molar-refractivity contribution < 1.29 is 14.3 Å². The molecule has 3 rings (SSSR count). The maximum Gasteiger partial charge on any atom is 0.251 e. The van der Waals surface area contributed by atoms with E-state index in [0.29, 0.717) is 18.7 Å². The second-order valence-electron chi connectivity index (χ2n) is 5.74. The lowest BCUT2D eigenvalue weighted by atomic mass is 9.94. The van der Waals surface area contributed by atoms with Crippen LogP contribution in [-0.2, 0) is 9.47 Å². The molecule has 0 radical (unpaired) electrons. The molecule has 0 unspecified atom stereocenters. The fraction of sp³-hybridized carbons (Fsp3) is 0.562. The highest BCUT2D eigenvalue weighted by atomic mass is 79.9. The van der Waals surface area contributed by atoms with Crippen molar-refractivity contribution >= 4 is 21.8 Å². The van der Waals surface area contributed by atoms with E-state index in [4.69, 9.17) is 9.47 Å². The van der Waals surface area contributed by atoms with E-state index in [1.807, 2.05) is 12.1 Å². The van der Waals surface area contributed by atoms with Crippen LogP contribution >= 0.6 is 15.9 Å². The Morgan fingerprint density at radius 3 is 2.67 bits per heavy atom. The zero-order valence-corrected chi connectivity index (χ0v) is 13.5. The molecule has 1 saturated carbocycles. The molecule has 1 saturated heterocycles. The zero-order chi connectivity index (χ0) is 14.7. The summed E-state index contributed by atoms with van der Waals surface area (Å²) in [5.41, 5.74) is 0.657. The van der Waals surface area contributed by atoms with Crippen molar-refractivity contribution in [2.24, 2.45) is 0 Å². The Balaban J connectivity index is 1.49. The van der Waals surface area contributed by atoms with Crippen molar-refractivity contribution in [1.29, 1.82) is 0 Å². The van der Waals surface area contributed by atoms with Gasteiger partial charge in [0.15, 0.2) is 5.79 Å². The third kappa shape index (κ3) is 3.65. The van der Waals surface area contributed by atoms with Gasteiger partial charge in [0.1, 0.15) is 6.10 Å². The van der Waals surface area contributed by atoms with E-state index in [9.17, 15) is 4.79 Å². The van der Waals surface area contributed by atoms with Crippen molar-refractivity contribution in [2.75, 3.05) is 13.2 Å². The molecule has 1 aliphatic heterocycles. The Morgan fingerprint density at radius 1 is 1.24 bits per heavy atom. The third-order valence-electron chi connectivity index (χ3n) is 4.13. The Bertz CT molecular complexity index is 497. The second-order valence-corrected chi connectivity index (χ2v) is 6.65. The summed E-state index contributed by atoms with van der Waals surface area (Å²) in [7, 11) is 0. The molecule has 0 bridgehead atoms. The van der Waals surface area contributed by atoms with Gasteiger partial charge in [0, 0.05) is 29.4 Å². The summed E-state index contributed by atoms with van der Waals surface area (Å²) in [4.78, 5) is 12.1. The quantitative estimate of drug-likeness (QED) is 0.907. The molecule has 21 heavy (non-hydrogen) atoms. The maximum absolute atomic E-state index is 12.1. The first-order valence-corrected chi connectivity index (χ1v) is 8.32. The van der Waals surface area contributed by atoms with Crippen LogP contribution in [0.4, 0.5) is 0 Å². The van der Waals surface area contributed by atoms with Gasteiger partial charge in [0.05, 0.1) is 6.61 Å². The van der Waals surface area contributed by atoms with Crippen molar-refractivity contribution in [3.05, 3.63) is 34.3 Å². The highest BCUT2D eigenvalue weighted by molar-refractivity contribution is 9.10.